The summed E-state index contributed by atoms with van der Waals surface area (Å²) in [5.41, 5.74) is 0.375. The first-order chi connectivity index (χ1) is 9.94. The second-order valence-corrected chi connectivity index (χ2v) is 5.04. The van der Waals surface area contributed by atoms with Crippen molar-refractivity contribution in [2.45, 2.75) is 13.1 Å². The van der Waals surface area contributed by atoms with Crippen molar-refractivity contribution in [3.8, 4) is 0 Å². The van der Waals surface area contributed by atoms with Gasteiger partial charge >= 0.3 is 6.18 Å². The highest BCUT2D eigenvalue weighted by Crippen LogP contribution is 2.34. The van der Waals surface area contributed by atoms with Crippen molar-refractivity contribution in [1.29, 1.82) is 0 Å². The van der Waals surface area contributed by atoms with E-state index in [0.29, 0.717) is 11.4 Å². The van der Waals surface area contributed by atoms with E-state index in [1.54, 1.807) is 6.07 Å². The smallest absolute Gasteiger partial charge is 0.369 e. The Bertz CT molecular complexity index is 491. The third-order valence-corrected chi connectivity index (χ3v) is 3.70. The molecule has 0 atom stereocenters. The summed E-state index contributed by atoms with van der Waals surface area (Å²) in [6, 6.07) is 4.06. The lowest BCUT2D eigenvalue weighted by Crippen LogP contribution is -2.46. The molecule has 0 spiro atoms. The Balaban J connectivity index is 2.26. The average Bonchev–Trinajstić information content (AvgIpc) is 2.46. The molecule has 0 radical (unpaired) electrons. The van der Waals surface area contributed by atoms with Gasteiger partial charge < -0.3 is 15.1 Å². The van der Waals surface area contributed by atoms with Gasteiger partial charge in [-0.25, -0.2) is 0 Å². The SMILES string of the molecule is C=CNc1cc(N2CCN(CC)CC2)cc(C(F)(F)F)c1. The Hall–Kier alpha value is -1.69. The minimum atomic E-state index is -4.35. The van der Waals surface area contributed by atoms with E-state index in [0.717, 1.165) is 38.8 Å². The van der Waals surface area contributed by atoms with Gasteiger partial charge in [0.05, 0.1) is 5.56 Å². The van der Waals surface area contributed by atoms with Crippen LogP contribution in [-0.2, 0) is 6.18 Å². The maximum Gasteiger partial charge on any atom is 0.416 e. The minimum Gasteiger partial charge on any atom is -0.369 e. The van der Waals surface area contributed by atoms with E-state index in [2.05, 4.69) is 23.7 Å². The summed E-state index contributed by atoms with van der Waals surface area (Å²) in [5.74, 6) is 0. The van der Waals surface area contributed by atoms with Crippen LogP contribution in [0.4, 0.5) is 24.5 Å². The zero-order valence-corrected chi connectivity index (χ0v) is 12.1. The number of rotatable bonds is 4. The number of halogens is 3. The number of nitrogens with zero attached hydrogens (tertiary/aromatic N) is 2. The highest BCUT2D eigenvalue weighted by molar-refractivity contribution is 5.62. The molecule has 1 N–H and O–H groups in total. The highest BCUT2D eigenvalue weighted by atomic mass is 19.4. The number of hydrogen-bond acceptors (Lipinski definition) is 3. The van der Waals surface area contributed by atoms with Gasteiger partial charge in [0.25, 0.3) is 0 Å². The molecule has 1 fully saturated rings. The molecular weight excluding hydrogens is 279 g/mol. The van der Waals surface area contributed by atoms with Crippen LogP contribution < -0.4 is 10.2 Å². The number of hydrogen-bond donors (Lipinski definition) is 1. The zero-order valence-electron chi connectivity index (χ0n) is 12.1. The molecule has 0 saturated carbocycles. The molecule has 6 heteroatoms. The van der Waals surface area contributed by atoms with Gasteiger partial charge in [-0.3, -0.25) is 0 Å². The molecular formula is C15H20F3N3. The van der Waals surface area contributed by atoms with Crippen LogP contribution in [0.1, 0.15) is 12.5 Å². The number of alkyl halides is 3. The maximum atomic E-state index is 13.0. The molecule has 2 rings (SSSR count). The lowest BCUT2D eigenvalue weighted by molar-refractivity contribution is -0.137. The van der Waals surface area contributed by atoms with Gasteiger partial charge in [0.1, 0.15) is 0 Å². The van der Waals surface area contributed by atoms with E-state index in [9.17, 15) is 13.2 Å². The number of anilines is 2. The lowest BCUT2D eigenvalue weighted by atomic mass is 10.1. The van der Waals surface area contributed by atoms with Crippen LogP contribution in [0.15, 0.2) is 31.0 Å². The third kappa shape index (κ3) is 3.91. The first-order valence-corrected chi connectivity index (χ1v) is 7.01. The Morgan fingerprint density at radius 2 is 1.86 bits per heavy atom. The van der Waals surface area contributed by atoms with Crippen molar-refractivity contribution in [2.75, 3.05) is 42.9 Å². The molecule has 3 nitrogen and oxygen atoms in total. The van der Waals surface area contributed by atoms with Crippen molar-refractivity contribution in [3.05, 3.63) is 36.5 Å². The van der Waals surface area contributed by atoms with Gasteiger partial charge in [-0.05, 0) is 30.9 Å². The van der Waals surface area contributed by atoms with Crippen LogP contribution in [-0.4, -0.2) is 37.6 Å². The van der Waals surface area contributed by atoms with Gasteiger partial charge in [0.2, 0.25) is 0 Å². The van der Waals surface area contributed by atoms with Gasteiger partial charge in [-0.1, -0.05) is 13.5 Å². The minimum absolute atomic E-state index is 0.410. The topological polar surface area (TPSA) is 18.5 Å². The Kier molecular flexibility index (Phi) is 4.77. The van der Waals surface area contributed by atoms with Gasteiger partial charge in [-0.15, -0.1) is 0 Å². The van der Waals surface area contributed by atoms with Crippen molar-refractivity contribution < 1.29 is 13.2 Å². The molecule has 0 unspecified atom stereocenters. The van der Waals surface area contributed by atoms with Crippen molar-refractivity contribution in [1.82, 2.24) is 4.90 Å². The molecule has 0 aliphatic carbocycles. The number of benzene rings is 1. The predicted octanol–water partition coefficient (Wildman–Crippen LogP) is 3.40. The van der Waals surface area contributed by atoms with E-state index >= 15 is 0 Å². The fraction of sp³-hybridized carbons (Fsp3) is 0.467. The molecule has 1 aliphatic heterocycles. The van der Waals surface area contributed by atoms with Crippen molar-refractivity contribution in [3.63, 3.8) is 0 Å². The standard InChI is InChI=1S/C15H20F3N3/c1-3-19-13-9-12(15(16,17)18)10-14(11-13)21-7-5-20(4-2)6-8-21/h3,9-11,19H,1,4-8H2,2H3. The normalized spacial score (nSPS) is 16.9. The monoisotopic (exact) mass is 299 g/mol. The molecule has 1 aromatic rings. The number of likely N-dealkylation sites (N-methyl/N-ethyl adjacent to an activating group) is 1. The van der Waals surface area contributed by atoms with Crippen LogP contribution in [0.2, 0.25) is 0 Å². The van der Waals surface area contributed by atoms with E-state index < -0.39 is 11.7 Å². The van der Waals surface area contributed by atoms with E-state index in [-0.39, 0.29) is 0 Å². The van der Waals surface area contributed by atoms with Gasteiger partial charge in [0, 0.05) is 37.6 Å². The van der Waals surface area contributed by atoms with Crippen LogP contribution in [0.3, 0.4) is 0 Å². The van der Waals surface area contributed by atoms with Crippen molar-refractivity contribution >= 4 is 11.4 Å². The second kappa shape index (κ2) is 6.39. The van der Waals surface area contributed by atoms with E-state index in [1.165, 1.54) is 12.3 Å². The van der Waals surface area contributed by atoms with E-state index in [1.807, 2.05) is 4.90 Å². The summed E-state index contributed by atoms with van der Waals surface area (Å²) in [7, 11) is 0. The maximum absolute atomic E-state index is 13.0. The first-order valence-electron chi connectivity index (χ1n) is 7.01. The molecule has 0 bridgehead atoms. The summed E-state index contributed by atoms with van der Waals surface area (Å²) >= 11 is 0. The number of piperazine rings is 1. The molecule has 1 heterocycles. The summed E-state index contributed by atoms with van der Waals surface area (Å²) < 4.78 is 39.0. The zero-order chi connectivity index (χ0) is 15.5. The summed E-state index contributed by atoms with van der Waals surface area (Å²) in [6.45, 7) is 9.78. The highest BCUT2D eigenvalue weighted by Gasteiger charge is 2.32. The molecule has 0 amide bonds. The summed E-state index contributed by atoms with van der Waals surface area (Å²) in [5, 5.41) is 2.75. The quantitative estimate of drug-likeness (QED) is 0.919. The fourth-order valence-corrected chi connectivity index (χ4v) is 2.48. The summed E-state index contributed by atoms with van der Waals surface area (Å²) in [6.07, 6.45) is -2.97. The Morgan fingerprint density at radius 3 is 2.38 bits per heavy atom. The summed E-state index contributed by atoms with van der Waals surface area (Å²) in [4.78, 5) is 4.28. The lowest BCUT2D eigenvalue weighted by Gasteiger charge is -2.36. The van der Waals surface area contributed by atoms with E-state index in [4.69, 9.17) is 0 Å². The average molecular weight is 299 g/mol. The van der Waals surface area contributed by atoms with Crippen LogP contribution >= 0.6 is 0 Å². The fourth-order valence-electron chi connectivity index (χ4n) is 2.48. The molecule has 1 aliphatic rings. The Labute approximate surface area is 123 Å². The van der Waals surface area contributed by atoms with Gasteiger partial charge in [-0.2, -0.15) is 13.2 Å². The molecule has 0 aromatic heterocycles. The second-order valence-electron chi connectivity index (χ2n) is 5.04. The number of nitrogens with one attached hydrogen (secondary N) is 1. The van der Waals surface area contributed by atoms with Gasteiger partial charge in [0.15, 0.2) is 0 Å². The first kappa shape index (κ1) is 15.7. The van der Waals surface area contributed by atoms with Crippen LogP contribution in [0, 0.1) is 0 Å². The predicted molar refractivity (Wildman–Crippen MR) is 79.6 cm³/mol. The molecule has 116 valence electrons. The third-order valence-electron chi connectivity index (χ3n) is 3.70. The van der Waals surface area contributed by atoms with Crippen LogP contribution in [0.25, 0.3) is 0 Å². The van der Waals surface area contributed by atoms with Crippen LogP contribution in [0.5, 0.6) is 0 Å². The molecule has 1 aromatic carbocycles. The molecule has 1 saturated heterocycles. The van der Waals surface area contributed by atoms with Crippen molar-refractivity contribution in [2.24, 2.45) is 0 Å². The largest absolute Gasteiger partial charge is 0.416 e. The Morgan fingerprint density at radius 1 is 1.19 bits per heavy atom. The molecule has 21 heavy (non-hydrogen) atoms.